The fraction of sp³-hybridized carbons (Fsp3) is 0.300. The average Bonchev–Trinajstić information content (AvgIpc) is 3.21. The molecule has 0 N–H and O–H groups in total. The molecule has 1 saturated heterocycles. The van der Waals surface area contributed by atoms with Crippen LogP contribution in [-0.4, -0.2) is 39.0 Å². The van der Waals surface area contributed by atoms with Gasteiger partial charge >= 0.3 is 0 Å². The molecular weight excluding hydrogens is 366 g/mol. The molecule has 1 aliphatic heterocycles. The standard InChI is InChI=1S/C20H18F2N4O2/c21-16-4-3-14(17(22)11-16)10-18(27)26-9-1-2-15(12-26)19-24-20(28-25-19)13-5-7-23-8-6-13/h3-8,11,15H,1-2,9-10,12H2. The highest BCUT2D eigenvalue weighted by Gasteiger charge is 2.28. The van der Waals surface area contributed by atoms with Gasteiger partial charge in [-0.05, 0) is 36.6 Å². The number of hydrogen-bond donors (Lipinski definition) is 0. The zero-order valence-corrected chi connectivity index (χ0v) is 15.0. The molecule has 0 radical (unpaired) electrons. The van der Waals surface area contributed by atoms with Crippen LogP contribution in [0.15, 0.2) is 47.2 Å². The Bertz CT molecular complexity index is 977. The number of pyridine rings is 1. The minimum Gasteiger partial charge on any atom is -0.342 e. The summed E-state index contributed by atoms with van der Waals surface area (Å²) in [4.78, 5) is 22.7. The Hall–Kier alpha value is -3.16. The lowest BCUT2D eigenvalue weighted by atomic mass is 9.96. The van der Waals surface area contributed by atoms with Crippen molar-refractivity contribution in [3.8, 4) is 11.5 Å². The molecule has 1 unspecified atom stereocenters. The first-order chi connectivity index (χ1) is 13.6. The van der Waals surface area contributed by atoms with Crippen molar-refractivity contribution in [3.63, 3.8) is 0 Å². The second-order valence-corrected chi connectivity index (χ2v) is 6.79. The van der Waals surface area contributed by atoms with Gasteiger partial charge in [0.2, 0.25) is 5.91 Å². The summed E-state index contributed by atoms with van der Waals surface area (Å²) < 4.78 is 32.2. The summed E-state index contributed by atoms with van der Waals surface area (Å²) in [5.74, 6) is -0.648. The van der Waals surface area contributed by atoms with Gasteiger partial charge in [0.15, 0.2) is 5.82 Å². The highest BCUT2D eigenvalue weighted by atomic mass is 19.1. The van der Waals surface area contributed by atoms with Crippen LogP contribution in [-0.2, 0) is 11.2 Å². The molecule has 0 bridgehead atoms. The Balaban J connectivity index is 1.44. The molecular formula is C20H18F2N4O2. The number of rotatable bonds is 4. The summed E-state index contributed by atoms with van der Waals surface area (Å²) in [6.07, 6.45) is 4.82. The van der Waals surface area contributed by atoms with Crippen molar-refractivity contribution >= 4 is 5.91 Å². The Morgan fingerprint density at radius 3 is 2.82 bits per heavy atom. The molecule has 3 heterocycles. The SMILES string of the molecule is O=C(Cc1ccc(F)cc1F)N1CCCC(c2noc(-c3ccncc3)n2)C1. The smallest absolute Gasteiger partial charge is 0.258 e. The summed E-state index contributed by atoms with van der Waals surface area (Å²) in [6.45, 7) is 1.03. The number of piperidine rings is 1. The van der Waals surface area contributed by atoms with Crippen LogP contribution >= 0.6 is 0 Å². The van der Waals surface area contributed by atoms with Gasteiger partial charge in [0.05, 0.1) is 6.42 Å². The monoisotopic (exact) mass is 384 g/mol. The molecule has 2 aromatic heterocycles. The predicted octanol–water partition coefficient (Wildman–Crippen LogP) is 3.36. The minimum absolute atomic E-state index is 0.0462. The second kappa shape index (κ2) is 7.84. The molecule has 0 saturated carbocycles. The van der Waals surface area contributed by atoms with Gasteiger partial charge in [0.25, 0.3) is 5.89 Å². The Morgan fingerprint density at radius 1 is 1.21 bits per heavy atom. The quantitative estimate of drug-likeness (QED) is 0.690. The van der Waals surface area contributed by atoms with Gasteiger partial charge in [0, 0.05) is 43.0 Å². The topological polar surface area (TPSA) is 72.1 Å². The van der Waals surface area contributed by atoms with Crippen LogP contribution in [0, 0.1) is 11.6 Å². The molecule has 144 valence electrons. The number of halogens is 2. The molecule has 1 atom stereocenters. The Kier molecular flexibility index (Phi) is 5.10. The largest absolute Gasteiger partial charge is 0.342 e. The van der Waals surface area contributed by atoms with Crippen molar-refractivity contribution in [1.29, 1.82) is 0 Å². The highest BCUT2D eigenvalue weighted by Crippen LogP contribution is 2.27. The van der Waals surface area contributed by atoms with Gasteiger partial charge < -0.3 is 9.42 Å². The molecule has 1 fully saturated rings. The summed E-state index contributed by atoms with van der Waals surface area (Å²) in [7, 11) is 0. The molecule has 1 amide bonds. The van der Waals surface area contributed by atoms with E-state index in [1.54, 1.807) is 29.4 Å². The number of benzene rings is 1. The molecule has 4 rings (SSSR count). The van der Waals surface area contributed by atoms with Gasteiger partial charge in [-0.2, -0.15) is 4.98 Å². The van der Waals surface area contributed by atoms with Gasteiger partial charge in [-0.25, -0.2) is 8.78 Å². The molecule has 1 aromatic carbocycles. The minimum atomic E-state index is -0.706. The number of carbonyl (C=O) groups is 1. The van der Waals surface area contributed by atoms with Gasteiger partial charge in [-0.3, -0.25) is 9.78 Å². The van der Waals surface area contributed by atoms with Crippen molar-refractivity contribution in [2.75, 3.05) is 13.1 Å². The van der Waals surface area contributed by atoms with Crippen molar-refractivity contribution in [1.82, 2.24) is 20.0 Å². The van der Waals surface area contributed by atoms with Crippen LogP contribution in [0.4, 0.5) is 8.78 Å². The molecule has 28 heavy (non-hydrogen) atoms. The molecule has 6 nitrogen and oxygen atoms in total. The number of nitrogens with zero attached hydrogens (tertiary/aromatic N) is 4. The average molecular weight is 384 g/mol. The van der Waals surface area contributed by atoms with Crippen LogP contribution in [0.1, 0.15) is 30.1 Å². The second-order valence-electron chi connectivity index (χ2n) is 6.79. The van der Waals surface area contributed by atoms with E-state index in [0.717, 1.165) is 30.5 Å². The number of carbonyl (C=O) groups excluding carboxylic acids is 1. The lowest BCUT2D eigenvalue weighted by Gasteiger charge is -2.31. The van der Waals surface area contributed by atoms with Crippen molar-refractivity contribution in [3.05, 3.63) is 65.7 Å². The van der Waals surface area contributed by atoms with Gasteiger partial charge in [-0.15, -0.1) is 0 Å². The molecule has 0 aliphatic carbocycles. The van der Waals surface area contributed by atoms with E-state index >= 15 is 0 Å². The Morgan fingerprint density at radius 2 is 2.04 bits per heavy atom. The number of amides is 1. The summed E-state index contributed by atoms with van der Waals surface area (Å²) in [5, 5.41) is 4.07. The van der Waals surface area contributed by atoms with Crippen LogP contribution in [0.3, 0.4) is 0 Å². The van der Waals surface area contributed by atoms with E-state index in [1.165, 1.54) is 6.07 Å². The molecule has 3 aromatic rings. The van der Waals surface area contributed by atoms with E-state index in [1.807, 2.05) is 0 Å². The molecule has 8 heteroatoms. The van der Waals surface area contributed by atoms with Crippen molar-refractivity contribution in [2.24, 2.45) is 0 Å². The maximum atomic E-state index is 13.8. The van der Waals surface area contributed by atoms with E-state index in [2.05, 4.69) is 15.1 Å². The zero-order valence-electron chi connectivity index (χ0n) is 15.0. The first-order valence-electron chi connectivity index (χ1n) is 9.06. The third-order valence-corrected chi connectivity index (χ3v) is 4.87. The van der Waals surface area contributed by atoms with E-state index in [-0.39, 0.29) is 23.8 Å². The van der Waals surface area contributed by atoms with Crippen molar-refractivity contribution in [2.45, 2.75) is 25.2 Å². The zero-order chi connectivity index (χ0) is 19.5. The number of aromatic nitrogens is 3. The fourth-order valence-corrected chi connectivity index (χ4v) is 3.37. The van der Waals surface area contributed by atoms with E-state index in [4.69, 9.17) is 4.52 Å². The van der Waals surface area contributed by atoms with Gasteiger partial charge in [0.1, 0.15) is 11.6 Å². The van der Waals surface area contributed by atoms with Crippen LogP contribution < -0.4 is 0 Å². The summed E-state index contributed by atoms with van der Waals surface area (Å²) >= 11 is 0. The van der Waals surface area contributed by atoms with Gasteiger partial charge in [-0.1, -0.05) is 11.2 Å². The number of hydrogen-bond acceptors (Lipinski definition) is 5. The summed E-state index contributed by atoms with van der Waals surface area (Å²) in [5.41, 5.74) is 0.970. The third kappa shape index (κ3) is 3.90. The molecule has 0 spiro atoms. The normalized spacial score (nSPS) is 16.9. The van der Waals surface area contributed by atoms with E-state index in [9.17, 15) is 13.6 Å². The lowest BCUT2D eigenvalue weighted by Crippen LogP contribution is -2.40. The predicted molar refractivity (Wildman–Crippen MR) is 96.1 cm³/mol. The first kappa shape index (κ1) is 18.2. The lowest BCUT2D eigenvalue weighted by molar-refractivity contribution is -0.131. The highest BCUT2D eigenvalue weighted by molar-refractivity contribution is 5.79. The Labute approximate surface area is 160 Å². The van der Waals surface area contributed by atoms with E-state index < -0.39 is 11.6 Å². The van der Waals surface area contributed by atoms with Crippen LogP contribution in [0.2, 0.25) is 0 Å². The maximum Gasteiger partial charge on any atom is 0.258 e. The first-order valence-corrected chi connectivity index (χ1v) is 9.06. The number of likely N-dealkylation sites (tertiary alicyclic amines) is 1. The van der Waals surface area contributed by atoms with E-state index in [0.29, 0.717) is 24.8 Å². The summed E-state index contributed by atoms with van der Waals surface area (Å²) in [6, 6.07) is 6.83. The van der Waals surface area contributed by atoms with Crippen LogP contribution in [0.25, 0.3) is 11.5 Å². The van der Waals surface area contributed by atoms with Crippen molar-refractivity contribution < 1.29 is 18.1 Å². The van der Waals surface area contributed by atoms with Crippen LogP contribution in [0.5, 0.6) is 0 Å². The maximum absolute atomic E-state index is 13.8. The fourth-order valence-electron chi connectivity index (χ4n) is 3.37. The molecule has 1 aliphatic rings. The third-order valence-electron chi connectivity index (χ3n) is 4.87.